The van der Waals surface area contributed by atoms with Gasteiger partial charge in [-0.05, 0) is 11.6 Å². The lowest BCUT2D eigenvalue weighted by atomic mass is 10.2. The molecule has 0 spiro atoms. The highest BCUT2D eigenvalue weighted by Gasteiger charge is 2.21. The smallest absolute Gasteiger partial charge is 0.356 e. The zero-order valence-electron chi connectivity index (χ0n) is 15.1. The van der Waals surface area contributed by atoms with Crippen LogP contribution in [0.5, 0.6) is 0 Å². The summed E-state index contributed by atoms with van der Waals surface area (Å²) in [5, 5.41) is 15.5. The van der Waals surface area contributed by atoms with Crippen LogP contribution in [0.2, 0.25) is 0 Å². The molecule has 0 fully saturated rings. The van der Waals surface area contributed by atoms with E-state index in [4.69, 9.17) is 4.74 Å². The first-order valence-electron chi connectivity index (χ1n) is 8.87. The number of rotatable bonds is 5. The molecule has 4 heterocycles. The Balaban J connectivity index is 1.45. The maximum absolute atomic E-state index is 11.8. The third-order valence-corrected chi connectivity index (χ3v) is 4.78. The molecule has 1 aliphatic rings. The lowest BCUT2D eigenvalue weighted by Crippen LogP contribution is -2.27. The van der Waals surface area contributed by atoms with Crippen molar-refractivity contribution in [1.29, 1.82) is 0 Å². The van der Waals surface area contributed by atoms with Crippen molar-refractivity contribution >= 4 is 5.97 Å². The predicted molar refractivity (Wildman–Crippen MR) is 96.0 cm³/mol. The molecule has 27 heavy (non-hydrogen) atoms. The summed E-state index contributed by atoms with van der Waals surface area (Å²) >= 11 is 0. The molecule has 0 saturated carbocycles. The zero-order valence-corrected chi connectivity index (χ0v) is 15.1. The van der Waals surface area contributed by atoms with E-state index in [2.05, 4.69) is 34.8 Å². The summed E-state index contributed by atoms with van der Waals surface area (Å²) < 4.78 is 7.00. The minimum Gasteiger partial charge on any atom is -0.464 e. The molecule has 1 aliphatic heterocycles. The summed E-state index contributed by atoms with van der Waals surface area (Å²) in [6, 6.07) is 3.98. The standard InChI is InChI=1S/C18H21N7O2/c1-27-18(26)17-14(11-20-23-17)12-24-6-4-15-21-22-16(25(15)8-7-24)9-13-3-2-5-19-10-13/h2-3,5,10-11H,4,6-9,12H2,1H3,(H,20,23). The van der Waals surface area contributed by atoms with Crippen molar-refractivity contribution in [2.75, 3.05) is 20.2 Å². The maximum Gasteiger partial charge on any atom is 0.356 e. The van der Waals surface area contributed by atoms with E-state index in [1.807, 2.05) is 18.3 Å². The Labute approximate surface area is 156 Å². The number of carbonyl (C=O) groups is 1. The third kappa shape index (κ3) is 3.72. The van der Waals surface area contributed by atoms with Crippen LogP contribution in [0.4, 0.5) is 0 Å². The molecule has 0 radical (unpaired) electrons. The summed E-state index contributed by atoms with van der Waals surface area (Å²) in [4.78, 5) is 18.3. The third-order valence-electron chi connectivity index (χ3n) is 4.78. The van der Waals surface area contributed by atoms with E-state index in [-0.39, 0.29) is 0 Å². The van der Waals surface area contributed by atoms with Crippen LogP contribution in [0.15, 0.2) is 30.7 Å². The second-order valence-corrected chi connectivity index (χ2v) is 6.51. The van der Waals surface area contributed by atoms with Gasteiger partial charge in [-0.15, -0.1) is 10.2 Å². The molecule has 3 aromatic rings. The molecule has 9 nitrogen and oxygen atoms in total. The van der Waals surface area contributed by atoms with Crippen LogP contribution in [0.1, 0.15) is 33.3 Å². The highest BCUT2D eigenvalue weighted by molar-refractivity contribution is 5.88. The number of nitrogens with one attached hydrogen (secondary N) is 1. The first-order valence-corrected chi connectivity index (χ1v) is 8.87. The van der Waals surface area contributed by atoms with Gasteiger partial charge < -0.3 is 9.30 Å². The number of aromatic amines is 1. The molecule has 0 unspecified atom stereocenters. The van der Waals surface area contributed by atoms with Crippen LogP contribution in [0, 0.1) is 0 Å². The monoisotopic (exact) mass is 367 g/mol. The summed E-state index contributed by atoms with van der Waals surface area (Å²) in [7, 11) is 1.37. The SMILES string of the molecule is COC(=O)c1[nH]ncc1CN1CCc2nnc(Cc3cccnc3)n2CC1. The average molecular weight is 367 g/mol. The molecule has 9 heteroatoms. The van der Waals surface area contributed by atoms with Crippen molar-refractivity contribution in [2.24, 2.45) is 0 Å². The summed E-state index contributed by atoms with van der Waals surface area (Å²) in [6.07, 6.45) is 6.84. The van der Waals surface area contributed by atoms with Crippen molar-refractivity contribution in [3.8, 4) is 0 Å². The van der Waals surface area contributed by atoms with Crippen LogP contribution in [-0.2, 0) is 30.7 Å². The van der Waals surface area contributed by atoms with Gasteiger partial charge in [0.1, 0.15) is 17.3 Å². The lowest BCUT2D eigenvalue weighted by molar-refractivity contribution is 0.0591. The fourth-order valence-electron chi connectivity index (χ4n) is 3.35. The number of methoxy groups -OCH3 is 1. The Morgan fingerprint density at radius 3 is 3.00 bits per heavy atom. The van der Waals surface area contributed by atoms with Gasteiger partial charge in [-0.2, -0.15) is 5.10 Å². The summed E-state index contributed by atoms with van der Waals surface area (Å²) in [5.41, 5.74) is 2.38. The van der Waals surface area contributed by atoms with Gasteiger partial charge in [-0.3, -0.25) is 15.0 Å². The Morgan fingerprint density at radius 1 is 1.26 bits per heavy atom. The van der Waals surface area contributed by atoms with Gasteiger partial charge in [0.15, 0.2) is 0 Å². The summed E-state index contributed by atoms with van der Waals surface area (Å²) in [6.45, 7) is 3.13. The lowest BCUT2D eigenvalue weighted by Gasteiger charge is -2.19. The van der Waals surface area contributed by atoms with Gasteiger partial charge >= 0.3 is 5.97 Å². The topological polar surface area (TPSA) is 102 Å². The first-order chi connectivity index (χ1) is 13.2. The van der Waals surface area contributed by atoms with Crippen LogP contribution in [0.25, 0.3) is 0 Å². The molecular weight excluding hydrogens is 346 g/mol. The highest BCUT2D eigenvalue weighted by atomic mass is 16.5. The predicted octanol–water partition coefficient (Wildman–Crippen LogP) is 0.832. The number of aromatic nitrogens is 6. The molecule has 0 atom stereocenters. The van der Waals surface area contributed by atoms with E-state index < -0.39 is 5.97 Å². The molecule has 0 aromatic carbocycles. The number of fused-ring (bicyclic) bond motifs is 1. The van der Waals surface area contributed by atoms with Crippen molar-refractivity contribution in [1.82, 2.24) is 34.8 Å². The van der Waals surface area contributed by atoms with E-state index in [1.165, 1.54) is 7.11 Å². The second-order valence-electron chi connectivity index (χ2n) is 6.51. The van der Waals surface area contributed by atoms with Crippen molar-refractivity contribution in [3.05, 3.63) is 59.2 Å². The van der Waals surface area contributed by atoms with Crippen molar-refractivity contribution in [2.45, 2.75) is 25.9 Å². The van der Waals surface area contributed by atoms with E-state index in [0.29, 0.717) is 12.2 Å². The largest absolute Gasteiger partial charge is 0.464 e. The van der Waals surface area contributed by atoms with E-state index in [1.54, 1.807) is 12.4 Å². The van der Waals surface area contributed by atoms with E-state index in [0.717, 1.165) is 55.3 Å². The fraction of sp³-hybridized carbons (Fsp3) is 0.389. The number of carbonyl (C=O) groups excluding carboxylic acids is 1. The number of pyridine rings is 1. The maximum atomic E-state index is 11.8. The minimum atomic E-state index is -0.395. The Kier molecular flexibility index (Phi) is 4.93. The summed E-state index contributed by atoms with van der Waals surface area (Å²) in [5.74, 6) is 1.56. The Morgan fingerprint density at radius 2 is 2.19 bits per heavy atom. The number of nitrogens with zero attached hydrogens (tertiary/aromatic N) is 6. The van der Waals surface area contributed by atoms with Gasteiger partial charge in [-0.25, -0.2) is 4.79 Å². The first kappa shape index (κ1) is 17.3. The number of ether oxygens (including phenoxy) is 1. The molecule has 4 rings (SSSR count). The Bertz CT molecular complexity index is 919. The molecular formula is C18H21N7O2. The van der Waals surface area contributed by atoms with E-state index >= 15 is 0 Å². The van der Waals surface area contributed by atoms with Gasteiger partial charge in [0, 0.05) is 57.0 Å². The quantitative estimate of drug-likeness (QED) is 0.667. The highest BCUT2D eigenvalue weighted by Crippen LogP contribution is 2.16. The van der Waals surface area contributed by atoms with Crippen molar-refractivity contribution in [3.63, 3.8) is 0 Å². The molecule has 140 valence electrons. The van der Waals surface area contributed by atoms with Crippen molar-refractivity contribution < 1.29 is 9.53 Å². The van der Waals surface area contributed by atoms with Crippen LogP contribution in [-0.4, -0.2) is 61.0 Å². The Hall–Kier alpha value is -3.07. The zero-order chi connectivity index (χ0) is 18.6. The molecule has 0 aliphatic carbocycles. The molecule has 0 amide bonds. The van der Waals surface area contributed by atoms with Gasteiger partial charge in [-0.1, -0.05) is 6.07 Å². The number of hydrogen-bond donors (Lipinski definition) is 1. The normalized spacial score (nSPS) is 14.6. The molecule has 3 aromatic heterocycles. The number of H-pyrrole nitrogens is 1. The fourth-order valence-corrected chi connectivity index (χ4v) is 3.35. The average Bonchev–Trinajstić information content (AvgIpc) is 3.25. The van der Waals surface area contributed by atoms with Crippen LogP contribution in [0.3, 0.4) is 0 Å². The van der Waals surface area contributed by atoms with Gasteiger partial charge in [0.05, 0.1) is 13.3 Å². The number of hydrogen-bond acceptors (Lipinski definition) is 7. The van der Waals surface area contributed by atoms with Crippen LogP contribution >= 0.6 is 0 Å². The number of esters is 1. The van der Waals surface area contributed by atoms with E-state index in [9.17, 15) is 4.79 Å². The molecule has 0 saturated heterocycles. The minimum absolute atomic E-state index is 0.395. The van der Waals surface area contributed by atoms with Gasteiger partial charge in [0.25, 0.3) is 0 Å². The molecule has 1 N–H and O–H groups in total. The second kappa shape index (κ2) is 7.67. The molecule has 0 bridgehead atoms. The van der Waals surface area contributed by atoms with Gasteiger partial charge in [0.2, 0.25) is 0 Å². The van der Waals surface area contributed by atoms with Crippen LogP contribution < -0.4 is 0 Å².